The van der Waals surface area contributed by atoms with Gasteiger partial charge in [0.15, 0.2) is 0 Å². The first-order valence-corrected chi connectivity index (χ1v) is 4.89. The van der Waals surface area contributed by atoms with E-state index in [1.54, 1.807) is 0 Å². The van der Waals surface area contributed by atoms with Crippen molar-refractivity contribution in [3.63, 3.8) is 0 Å². The fraction of sp³-hybridized carbons (Fsp3) is 0.600. The van der Waals surface area contributed by atoms with Gasteiger partial charge < -0.3 is 10.4 Å². The van der Waals surface area contributed by atoms with Crippen LogP contribution < -0.4 is 5.32 Å². The Kier molecular flexibility index (Phi) is 2.37. The maximum Gasteiger partial charge on any atom is 0.149 e. The van der Waals surface area contributed by atoms with Gasteiger partial charge in [0.1, 0.15) is 5.82 Å². The number of nitrogens with zero attached hydrogens (tertiary/aromatic N) is 2. The van der Waals surface area contributed by atoms with Crippen LogP contribution in [0.3, 0.4) is 0 Å². The van der Waals surface area contributed by atoms with Crippen molar-refractivity contribution >= 4 is 5.82 Å². The molecule has 4 heteroatoms. The summed E-state index contributed by atoms with van der Waals surface area (Å²) < 4.78 is 0. The molecule has 1 aromatic rings. The highest BCUT2D eigenvalue weighted by Crippen LogP contribution is 2.32. The molecule has 2 rings (SSSR count). The number of aryl methyl sites for hydroxylation is 2. The third-order valence-corrected chi connectivity index (χ3v) is 2.72. The van der Waals surface area contributed by atoms with Gasteiger partial charge in [0.25, 0.3) is 0 Å². The highest BCUT2D eigenvalue weighted by molar-refractivity contribution is 5.40. The molecule has 1 fully saturated rings. The lowest BCUT2D eigenvalue weighted by Gasteiger charge is -2.05. The summed E-state index contributed by atoms with van der Waals surface area (Å²) in [5.41, 5.74) is 2.11. The molecule has 4 nitrogen and oxygen atoms in total. The van der Waals surface area contributed by atoms with Crippen molar-refractivity contribution in [1.82, 2.24) is 10.2 Å². The Labute approximate surface area is 83.4 Å². The molecular weight excluding hydrogens is 178 g/mol. The lowest BCUT2D eigenvalue weighted by molar-refractivity contribution is 0.275. The Hall–Kier alpha value is -1.16. The summed E-state index contributed by atoms with van der Waals surface area (Å²) in [5, 5.41) is 20.2. The third-order valence-electron chi connectivity index (χ3n) is 2.72. The molecule has 1 aliphatic rings. The summed E-state index contributed by atoms with van der Waals surface area (Å²) in [4.78, 5) is 0. The predicted molar refractivity (Wildman–Crippen MR) is 54.1 cm³/mol. The van der Waals surface area contributed by atoms with Gasteiger partial charge in [-0.3, -0.25) is 0 Å². The normalized spacial score (nSPS) is 24.8. The Morgan fingerprint density at radius 2 is 2.29 bits per heavy atom. The van der Waals surface area contributed by atoms with E-state index in [4.69, 9.17) is 5.11 Å². The third kappa shape index (κ3) is 1.85. The summed E-state index contributed by atoms with van der Waals surface area (Å²) in [5.74, 6) is 1.22. The number of anilines is 1. The van der Waals surface area contributed by atoms with E-state index in [2.05, 4.69) is 15.5 Å². The van der Waals surface area contributed by atoms with Crippen LogP contribution in [0, 0.1) is 19.8 Å². The minimum Gasteiger partial charge on any atom is -0.396 e. The molecule has 0 saturated heterocycles. The summed E-state index contributed by atoms with van der Waals surface area (Å²) in [7, 11) is 0. The van der Waals surface area contributed by atoms with Crippen molar-refractivity contribution < 1.29 is 5.11 Å². The monoisotopic (exact) mass is 193 g/mol. The Balaban J connectivity index is 2.00. The zero-order valence-electron chi connectivity index (χ0n) is 8.49. The van der Waals surface area contributed by atoms with Crippen LogP contribution in [0.15, 0.2) is 6.07 Å². The van der Waals surface area contributed by atoms with Crippen molar-refractivity contribution in [1.29, 1.82) is 0 Å². The first-order chi connectivity index (χ1) is 6.70. The standard InChI is InChI=1S/C10H15N3O/c1-6-3-10(13-12-7(6)2)11-9-4-8(9)5-14/h3,8-9,14H,4-5H2,1-2H3,(H,11,13). The van der Waals surface area contributed by atoms with Crippen molar-refractivity contribution in [3.05, 3.63) is 17.3 Å². The molecule has 0 radical (unpaired) electrons. The van der Waals surface area contributed by atoms with Crippen LogP contribution in [-0.2, 0) is 0 Å². The summed E-state index contributed by atoms with van der Waals surface area (Å²) >= 11 is 0. The minimum absolute atomic E-state index is 0.260. The fourth-order valence-corrected chi connectivity index (χ4v) is 1.43. The van der Waals surface area contributed by atoms with Crippen molar-refractivity contribution in [2.24, 2.45) is 5.92 Å². The van der Waals surface area contributed by atoms with Crippen LogP contribution in [0.2, 0.25) is 0 Å². The van der Waals surface area contributed by atoms with Gasteiger partial charge in [-0.2, -0.15) is 5.10 Å². The zero-order valence-corrected chi connectivity index (χ0v) is 8.49. The second-order valence-corrected chi connectivity index (χ2v) is 3.93. The predicted octanol–water partition coefficient (Wildman–Crippen LogP) is 0.886. The summed E-state index contributed by atoms with van der Waals surface area (Å²) in [6, 6.07) is 2.38. The number of rotatable bonds is 3. The van der Waals surface area contributed by atoms with Gasteiger partial charge in [0.2, 0.25) is 0 Å². The Morgan fingerprint density at radius 1 is 1.50 bits per heavy atom. The molecule has 2 unspecified atom stereocenters. The van der Waals surface area contributed by atoms with Gasteiger partial charge >= 0.3 is 0 Å². The second-order valence-electron chi connectivity index (χ2n) is 3.93. The average molecular weight is 193 g/mol. The molecule has 2 N–H and O–H groups in total. The van der Waals surface area contributed by atoms with Crippen LogP contribution >= 0.6 is 0 Å². The van der Waals surface area contributed by atoms with Gasteiger partial charge in [-0.05, 0) is 31.9 Å². The molecule has 0 aromatic carbocycles. The lowest BCUT2D eigenvalue weighted by atomic mass is 10.2. The number of nitrogens with one attached hydrogen (secondary N) is 1. The number of aliphatic hydroxyl groups is 1. The number of aliphatic hydroxyl groups excluding tert-OH is 1. The highest BCUT2D eigenvalue weighted by Gasteiger charge is 2.36. The number of hydrogen-bond donors (Lipinski definition) is 2. The molecule has 0 bridgehead atoms. The molecule has 0 aliphatic heterocycles. The minimum atomic E-state index is 0.260. The van der Waals surface area contributed by atoms with Gasteiger partial charge in [-0.1, -0.05) is 0 Å². The zero-order chi connectivity index (χ0) is 10.1. The lowest BCUT2D eigenvalue weighted by Crippen LogP contribution is -2.09. The highest BCUT2D eigenvalue weighted by atomic mass is 16.3. The molecule has 76 valence electrons. The first kappa shape index (κ1) is 9.40. The number of aromatic nitrogens is 2. The SMILES string of the molecule is Cc1cc(NC2CC2CO)nnc1C. The maximum absolute atomic E-state index is 8.88. The van der Waals surface area contributed by atoms with E-state index in [1.165, 1.54) is 0 Å². The molecule has 14 heavy (non-hydrogen) atoms. The van der Waals surface area contributed by atoms with Crippen molar-refractivity contribution in [2.45, 2.75) is 26.3 Å². The van der Waals surface area contributed by atoms with E-state index in [1.807, 2.05) is 19.9 Å². The van der Waals surface area contributed by atoms with E-state index in [9.17, 15) is 0 Å². The van der Waals surface area contributed by atoms with E-state index < -0.39 is 0 Å². The summed E-state index contributed by atoms with van der Waals surface area (Å²) in [6.07, 6.45) is 1.03. The molecule has 1 saturated carbocycles. The molecule has 1 aromatic heterocycles. The Morgan fingerprint density at radius 3 is 2.86 bits per heavy atom. The van der Waals surface area contributed by atoms with Crippen LogP contribution in [0.4, 0.5) is 5.82 Å². The topological polar surface area (TPSA) is 58.0 Å². The quantitative estimate of drug-likeness (QED) is 0.748. The molecule has 1 aliphatic carbocycles. The van der Waals surface area contributed by atoms with E-state index >= 15 is 0 Å². The summed E-state index contributed by atoms with van der Waals surface area (Å²) in [6.45, 7) is 4.22. The van der Waals surface area contributed by atoms with Crippen molar-refractivity contribution in [3.8, 4) is 0 Å². The van der Waals surface area contributed by atoms with Gasteiger partial charge in [0.05, 0.1) is 5.69 Å². The Bertz CT molecular complexity index is 340. The van der Waals surface area contributed by atoms with E-state index in [0.29, 0.717) is 12.0 Å². The van der Waals surface area contributed by atoms with Gasteiger partial charge in [0, 0.05) is 18.6 Å². The van der Waals surface area contributed by atoms with Crippen molar-refractivity contribution in [2.75, 3.05) is 11.9 Å². The van der Waals surface area contributed by atoms with Crippen LogP contribution in [0.25, 0.3) is 0 Å². The second kappa shape index (κ2) is 3.53. The molecule has 0 amide bonds. The maximum atomic E-state index is 8.88. The van der Waals surface area contributed by atoms with E-state index in [0.717, 1.165) is 23.5 Å². The first-order valence-electron chi connectivity index (χ1n) is 4.89. The smallest absolute Gasteiger partial charge is 0.149 e. The van der Waals surface area contributed by atoms with Crippen LogP contribution in [0.1, 0.15) is 17.7 Å². The largest absolute Gasteiger partial charge is 0.396 e. The van der Waals surface area contributed by atoms with Crippen LogP contribution in [-0.4, -0.2) is 28.0 Å². The molecule has 2 atom stereocenters. The fourth-order valence-electron chi connectivity index (χ4n) is 1.43. The van der Waals surface area contributed by atoms with Gasteiger partial charge in [-0.15, -0.1) is 5.10 Å². The molecule has 0 spiro atoms. The van der Waals surface area contributed by atoms with Crippen LogP contribution in [0.5, 0.6) is 0 Å². The number of hydrogen-bond acceptors (Lipinski definition) is 4. The van der Waals surface area contributed by atoms with E-state index in [-0.39, 0.29) is 6.61 Å². The molecule has 1 heterocycles. The molecular formula is C10H15N3O. The van der Waals surface area contributed by atoms with Gasteiger partial charge in [-0.25, -0.2) is 0 Å². The average Bonchev–Trinajstić information content (AvgIpc) is 2.90.